The van der Waals surface area contributed by atoms with Gasteiger partial charge < -0.3 is 15.0 Å². The molecule has 4 rings (SSSR count). The zero-order chi connectivity index (χ0) is 18.6. The molecule has 7 heteroatoms. The van der Waals surface area contributed by atoms with Crippen LogP contribution in [-0.4, -0.2) is 46.0 Å². The van der Waals surface area contributed by atoms with Crippen LogP contribution in [0.15, 0.2) is 30.5 Å². The molecule has 1 amide bonds. The topological polar surface area (TPSA) is 67.3 Å². The molecule has 0 spiro atoms. The van der Waals surface area contributed by atoms with Gasteiger partial charge >= 0.3 is 6.09 Å². The van der Waals surface area contributed by atoms with Crippen molar-refractivity contribution in [3.8, 4) is 0 Å². The van der Waals surface area contributed by atoms with E-state index in [-0.39, 0.29) is 6.09 Å². The minimum absolute atomic E-state index is 0.295. The van der Waals surface area contributed by atoms with Crippen molar-refractivity contribution in [1.29, 1.82) is 0 Å². The number of hydrogen-bond donors (Lipinski definition) is 1. The van der Waals surface area contributed by atoms with Gasteiger partial charge in [-0.05, 0) is 30.4 Å². The van der Waals surface area contributed by atoms with Crippen molar-refractivity contribution in [2.24, 2.45) is 0 Å². The van der Waals surface area contributed by atoms with Crippen LogP contribution < -0.4 is 5.32 Å². The highest BCUT2D eigenvalue weighted by Gasteiger charge is 2.25. The molecule has 2 heterocycles. The van der Waals surface area contributed by atoms with Crippen LogP contribution in [-0.2, 0) is 30.5 Å². The zero-order valence-electron chi connectivity index (χ0n) is 15.2. The smallest absolute Gasteiger partial charge is 0.410 e. The van der Waals surface area contributed by atoms with Crippen molar-refractivity contribution >= 4 is 23.6 Å². The van der Waals surface area contributed by atoms with Crippen LogP contribution in [0, 0.1) is 0 Å². The quantitative estimate of drug-likeness (QED) is 0.631. The number of carbonyl (C=O) groups is 1. The monoisotopic (exact) mass is 386 g/mol. The fourth-order valence-electron chi connectivity index (χ4n) is 3.69. The van der Waals surface area contributed by atoms with E-state index in [1.54, 1.807) is 4.90 Å². The third kappa shape index (κ3) is 4.16. The number of benzene rings is 1. The third-order valence-electron chi connectivity index (χ3n) is 5.08. The Morgan fingerprint density at radius 1 is 1.26 bits per heavy atom. The summed E-state index contributed by atoms with van der Waals surface area (Å²) in [4.78, 5) is 22.9. The molecule has 0 bridgehead atoms. The largest absolute Gasteiger partial charge is 0.449 e. The lowest BCUT2D eigenvalue weighted by Crippen LogP contribution is -2.37. The van der Waals surface area contributed by atoms with Gasteiger partial charge in [-0.1, -0.05) is 24.3 Å². The molecule has 0 fully saturated rings. The van der Waals surface area contributed by atoms with Gasteiger partial charge in [0.1, 0.15) is 0 Å². The second-order valence-corrected chi connectivity index (χ2v) is 7.39. The molecule has 1 aromatic carbocycles. The molecule has 0 saturated heterocycles. The van der Waals surface area contributed by atoms with E-state index in [9.17, 15) is 4.79 Å². The highest BCUT2D eigenvalue weighted by Crippen LogP contribution is 2.24. The highest BCUT2D eigenvalue weighted by molar-refractivity contribution is 6.17. The fraction of sp³-hybridized carbons (Fsp3) is 0.450. The molecule has 0 saturated carbocycles. The lowest BCUT2D eigenvalue weighted by atomic mass is 10.1. The Morgan fingerprint density at radius 2 is 2.04 bits per heavy atom. The van der Waals surface area contributed by atoms with Gasteiger partial charge in [0.25, 0.3) is 0 Å². The predicted molar refractivity (Wildman–Crippen MR) is 104 cm³/mol. The number of aromatic nitrogens is 2. The Morgan fingerprint density at radius 3 is 2.78 bits per heavy atom. The maximum Gasteiger partial charge on any atom is 0.410 e. The molecule has 0 atom stereocenters. The van der Waals surface area contributed by atoms with Crippen molar-refractivity contribution < 1.29 is 9.53 Å². The SMILES string of the molecule is O=C(OCCCCl)N1CCc2nc(NC3Cc4ccccc4C3)ncc2C1. The number of carbonyl (C=O) groups excluding carboxylic acids is 1. The van der Waals surface area contributed by atoms with Crippen LogP contribution in [0.4, 0.5) is 10.7 Å². The Labute approximate surface area is 163 Å². The third-order valence-corrected chi connectivity index (χ3v) is 5.35. The molecule has 1 aromatic heterocycles. The summed E-state index contributed by atoms with van der Waals surface area (Å²) in [5.74, 6) is 1.16. The van der Waals surface area contributed by atoms with Crippen molar-refractivity contribution in [3.63, 3.8) is 0 Å². The van der Waals surface area contributed by atoms with Crippen LogP contribution in [0.25, 0.3) is 0 Å². The first-order chi connectivity index (χ1) is 13.2. The number of rotatable bonds is 5. The van der Waals surface area contributed by atoms with Gasteiger partial charge in [0.05, 0.1) is 18.8 Å². The molecular weight excluding hydrogens is 364 g/mol. The number of hydrogen-bond acceptors (Lipinski definition) is 5. The summed E-state index contributed by atoms with van der Waals surface area (Å²) in [5.41, 5.74) is 4.79. The normalized spacial score (nSPS) is 16.0. The Bertz CT molecular complexity index is 804. The average Bonchev–Trinajstić information content (AvgIpc) is 3.10. The van der Waals surface area contributed by atoms with Crippen molar-refractivity contribution in [1.82, 2.24) is 14.9 Å². The number of alkyl halides is 1. The lowest BCUT2D eigenvalue weighted by Gasteiger charge is -2.27. The first-order valence-electron chi connectivity index (χ1n) is 9.38. The van der Waals surface area contributed by atoms with Gasteiger partial charge in [-0.15, -0.1) is 11.6 Å². The van der Waals surface area contributed by atoms with E-state index >= 15 is 0 Å². The van der Waals surface area contributed by atoms with Crippen LogP contribution in [0.1, 0.15) is 28.8 Å². The lowest BCUT2D eigenvalue weighted by molar-refractivity contribution is 0.0977. The fourth-order valence-corrected chi connectivity index (χ4v) is 3.80. The Kier molecular flexibility index (Phi) is 5.43. The van der Waals surface area contributed by atoms with E-state index in [4.69, 9.17) is 21.3 Å². The van der Waals surface area contributed by atoms with Gasteiger partial charge in [-0.2, -0.15) is 0 Å². The van der Waals surface area contributed by atoms with Crippen molar-refractivity contribution in [3.05, 3.63) is 52.8 Å². The van der Waals surface area contributed by atoms with Crippen LogP contribution >= 0.6 is 11.6 Å². The second kappa shape index (κ2) is 8.13. The highest BCUT2D eigenvalue weighted by atomic mass is 35.5. The zero-order valence-corrected chi connectivity index (χ0v) is 15.9. The summed E-state index contributed by atoms with van der Waals surface area (Å²) < 4.78 is 5.23. The van der Waals surface area contributed by atoms with Crippen molar-refractivity contribution in [2.75, 3.05) is 24.3 Å². The molecule has 0 unspecified atom stereocenters. The number of amides is 1. The molecular formula is C20H23ClN4O2. The summed E-state index contributed by atoms with van der Waals surface area (Å²) in [6, 6.07) is 8.88. The van der Waals surface area contributed by atoms with Crippen molar-refractivity contribution in [2.45, 2.75) is 38.3 Å². The van der Waals surface area contributed by atoms with Crippen LogP contribution in [0.3, 0.4) is 0 Å². The molecule has 1 N–H and O–H groups in total. The molecule has 1 aliphatic carbocycles. The van der Waals surface area contributed by atoms with E-state index in [0.29, 0.717) is 50.4 Å². The number of nitrogens with zero attached hydrogens (tertiary/aromatic N) is 3. The van der Waals surface area contributed by atoms with Gasteiger partial charge in [0.15, 0.2) is 0 Å². The van der Waals surface area contributed by atoms with Gasteiger partial charge in [-0.3, -0.25) is 0 Å². The second-order valence-electron chi connectivity index (χ2n) is 7.01. The van der Waals surface area contributed by atoms with Gasteiger partial charge in [0, 0.05) is 36.6 Å². The van der Waals surface area contributed by atoms with Crippen LogP contribution in [0.2, 0.25) is 0 Å². The molecule has 6 nitrogen and oxygen atoms in total. The maximum absolute atomic E-state index is 12.1. The van der Waals surface area contributed by atoms with E-state index in [1.165, 1.54) is 11.1 Å². The summed E-state index contributed by atoms with van der Waals surface area (Å²) in [6.45, 7) is 1.46. The summed E-state index contributed by atoms with van der Waals surface area (Å²) in [5, 5.41) is 3.47. The first-order valence-corrected chi connectivity index (χ1v) is 9.92. The predicted octanol–water partition coefficient (Wildman–Crippen LogP) is 3.18. The summed E-state index contributed by atoms with van der Waals surface area (Å²) in [6.07, 6.45) is 4.90. The van der Waals surface area contributed by atoms with E-state index in [0.717, 1.165) is 24.1 Å². The number of halogens is 1. The molecule has 1 aliphatic heterocycles. The Balaban J connectivity index is 1.36. The minimum Gasteiger partial charge on any atom is -0.449 e. The number of ether oxygens (including phenoxy) is 1. The molecule has 27 heavy (non-hydrogen) atoms. The molecule has 0 radical (unpaired) electrons. The number of nitrogens with one attached hydrogen (secondary N) is 1. The van der Waals surface area contributed by atoms with Crippen LogP contribution in [0.5, 0.6) is 0 Å². The summed E-state index contributed by atoms with van der Waals surface area (Å²) >= 11 is 5.61. The number of anilines is 1. The standard InChI is InChI=1S/C20H23ClN4O2/c21-7-3-9-27-20(26)25-8-6-18-16(13-25)12-22-19(24-18)23-17-10-14-4-1-2-5-15(14)11-17/h1-2,4-5,12,17H,3,6-11,13H2,(H,22,23,24). The average molecular weight is 387 g/mol. The molecule has 2 aliphatic rings. The van der Waals surface area contributed by atoms with E-state index in [1.807, 2.05) is 6.20 Å². The van der Waals surface area contributed by atoms with Gasteiger partial charge in [0.2, 0.25) is 5.95 Å². The summed E-state index contributed by atoms with van der Waals surface area (Å²) in [7, 11) is 0. The van der Waals surface area contributed by atoms with E-state index < -0.39 is 0 Å². The first kappa shape index (κ1) is 18.0. The van der Waals surface area contributed by atoms with E-state index in [2.05, 4.69) is 34.6 Å². The number of fused-ring (bicyclic) bond motifs is 2. The Hall–Kier alpha value is -2.34. The minimum atomic E-state index is -0.295. The molecule has 142 valence electrons. The maximum atomic E-state index is 12.1. The molecule has 2 aromatic rings. The van der Waals surface area contributed by atoms with Gasteiger partial charge in [-0.25, -0.2) is 14.8 Å².